The highest BCUT2D eigenvalue weighted by Crippen LogP contribution is 2.45. The Morgan fingerprint density at radius 1 is 0.711 bits per heavy atom. The molecule has 0 radical (unpaired) electrons. The van der Waals surface area contributed by atoms with E-state index in [1.54, 1.807) is 25.1 Å². The first-order chi connectivity index (χ1) is 21.3. The van der Waals surface area contributed by atoms with Gasteiger partial charge in [0.25, 0.3) is 20.2 Å². The van der Waals surface area contributed by atoms with Crippen LogP contribution in [-0.2, 0) is 20.2 Å². The molecule has 0 aliphatic carbocycles. The van der Waals surface area contributed by atoms with E-state index < -0.39 is 25.1 Å². The van der Waals surface area contributed by atoms with Gasteiger partial charge in [0.05, 0.1) is 40.6 Å². The van der Waals surface area contributed by atoms with Gasteiger partial charge in [-0.2, -0.15) is 21.9 Å². The maximum Gasteiger partial charge on any atom is 0.294 e. The zero-order chi connectivity index (χ0) is 32.5. The van der Waals surface area contributed by atoms with E-state index in [1.165, 1.54) is 55.6 Å². The minimum Gasteiger partial charge on any atom is -0.506 e. The van der Waals surface area contributed by atoms with Crippen molar-refractivity contribution in [2.75, 3.05) is 19.5 Å². The highest BCUT2D eigenvalue weighted by molar-refractivity contribution is 7.86. The van der Waals surface area contributed by atoms with Crippen LogP contribution in [0, 0.1) is 0 Å². The quantitative estimate of drug-likeness (QED) is 0.0724. The van der Waals surface area contributed by atoms with Crippen molar-refractivity contribution in [1.29, 1.82) is 0 Å². The highest BCUT2D eigenvalue weighted by Gasteiger charge is 2.19. The number of hydrogen-bond donors (Lipinski definition) is 4. The van der Waals surface area contributed by atoms with Crippen LogP contribution in [-0.4, -0.2) is 44.8 Å². The number of fused-ring (bicyclic) bond motifs is 2. The third-order valence-electron chi connectivity index (χ3n) is 6.60. The van der Waals surface area contributed by atoms with Crippen LogP contribution in [0.25, 0.3) is 21.5 Å². The largest absolute Gasteiger partial charge is 0.506 e. The molecule has 0 aromatic heterocycles. The molecule has 0 atom stereocenters. The smallest absolute Gasteiger partial charge is 0.294 e. The lowest BCUT2D eigenvalue weighted by Gasteiger charge is -2.13. The fraction of sp³-hybridized carbons (Fsp3) is 0.103. The van der Waals surface area contributed by atoms with E-state index in [0.29, 0.717) is 33.3 Å². The molecule has 0 unspecified atom stereocenters. The van der Waals surface area contributed by atoms with Crippen molar-refractivity contribution in [3.05, 3.63) is 72.8 Å². The standard InChI is InChI=1S/C29H25N5O9S2/c1-3-43-27-15-24(32-31-17-5-10-23(30)26(13-17)42-2)22-14-19(45(39,40)41)7-9-21(22)29(27)34-33-28-20-8-6-18(44(36,37)38)12-16(20)4-11-25(28)35/h4-15,35H,3,30H2,1-2H3,(H,36,37,38)(H,39,40,41). The number of hydrogen-bond acceptors (Lipinski definition) is 12. The van der Waals surface area contributed by atoms with Crippen LogP contribution in [0.3, 0.4) is 0 Å². The van der Waals surface area contributed by atoms with E-state index in [0.717, 1.165) is 6.07 Å². The normalized spacial score (nSPS) is 12.4. The molecule has 45 heavy (non-hydrogen) atoms. The van der Waals surface area contributed by atoms with Crippen molar-refractivity contribution < 1.29 is 40.5 Å². The molecule has 0 aliphatic heterocycles. The molecule has 16 heteroatoms. The van der Waals surface area contributed by atoms with E-state index in [-0.39, 0.29) is 45.4 Å². The van der Waals surface area contributed by atoms with Crippen LogP contribution in [0.1, 0.15) is 6.92 Å². The van der Waals surface area contributed by atoms with Crippen molar-refractivity contribution in [3.8, 4) is 17.2 Å². The number of azo groups is 2. The molecule has 5 N–H and O–H groups in total. The Hall–Kier alpha value is -5.16. The van der Waals surface area contributed by atoms with Gasteiger partial charge in [-0.1, -0.05) is 18.2 Å². The molecule has 0 amide bonds. The maximum absolute atomic E-state index is 12.0. The zero-order valence-electron chi connectivity index (χ0n) is 23.6. The Bertz CT molecular complexity index is 2250. The van der Waals surface area contributed by atoms with Crippen LogP contribution in [0.5, 0.6) is 17.2 Å². The van der Waals surface area contributed by atoms with Gasteiger partial charge in [-0.25, -0.2) is 0 Å². The second-order valence-electron chi connectivity index (χ2n) is 9.48. The number of aromatic hydroxyl groups is 1. The number of phenolic OH excluding ortho intramolecular Hbond substituents is 1. The molecule has 0 heterocycles. The Labute approximate surface area is 257 Å². The summed E-state index contributed by atoms with van der Waals surface area (Å²) >= 11 is 0. The van der Waals surface area contributed by atoms with Gasteiger partial charge in [0.1, 0.15) is 28.6 Å². The van der Waals surface area contributed by atoms with E-state index in [1.807, 2.05) is 0 Å². The number of nitrogen functional groups attached to an aromatic ring is 1. The second kappa shape index (κ2) is 12.1. The van der Waals surface area contributed by atoms with Gasteiger partial charge in [0.15, 0.2) is 0 Å². The molecule has 5 aromatic rings. The molecule has 0 bridgehead atoms. The van der Waals surface area contributed by atoms with Gasteiger partial charge in [-0.15, -0.1) is 15.3 Å². The molecule has 232 valence electrons. The number of ether oxygens (including phenoxy) is 2. The summed E-state index contributed by atoms with van der Waals surface area (Å²) < 4.78 is 77.5. The topological polar surface area (TPSA) is 223 Å². The lowest BCUT2D eigenvalue weighted by molar-refractivity contribution is 0.342. The van der Waals surface area contributed by atoms with E-state index in [9.17, 15) is 31.0 Å². The second-order valence-corrected chi connectivity index (χ2v) is 12.3. The average Bonchev–Trinajstić information content (AvgIpc) is 2.99. The fourth-order valence-electron chi connectivity index (χ4n) is 4.48. The Morgan fingerprint density at radius 3 is 2.04 bits per heavy atom. The highest BCUT2D eigenvalue weighted by atomic mass is 32.2. The number of nitrogens with two attached hydrogens (primary N) is 1. The lowest BCUT2D eigenvalue weighted by Crippen LogP contribution is -1.98. The molecule has 0 fully saturated rings. The van der Waals surface area contributed by atoms with Gasteiger partial charge >= 0.3 is 0 Å². The minimum absolute atomic E-state index is 0.0133. The number of nitrogens with zero attached hydrogens (tertiary/aromatic N) is 4. The molecule has 5 rings (SSSR count). The molecule has 0 spiro atoms. The molecule has 0 saturated heterocycles. The first kappa shape index (κ1) is 31.3. The van der Waals surface area contributed by atoms with Gasteiger partial charge in [0, 0.05) is 28.3 Å². The fourth-order valence-corrected chi connectivity index (χ4v) is 5.50. The molecular formula is C29H25N5O9S2. The van der Waals surface area contributed by atoms with Crippen LogP contribution < -0.4 is 15.2 Å². The van der Waals surface area contributed by atoms with Gasteiger partial charge in [0.2, 0.25) is 0 Å². The molecule has 14 nitrogen and oxygen atoms in total. The van der Waals surface area contributed by atoms with Crippen LogP contribution >= 0.6 is 0 Å². The summed E-state index contributed by atoms with van der Waals surface area (Å²) in [6.07, 6.45) is 0. The summed E-state index contributed by atoms with van der Waals surface area (Å²) in [5, 5.41) is 29.0. The van der Waals surface area contributed by atoms with E-state index in [4.69, 9.17) is 15.2 Å². The Morgan fingerprint density at radius 2 is 1.38 bits per heavy atom. The summed E-state index contributed by atoms with van der Waals surface area (Å²) in [5.74, 6) is 0.290. The molecule has 0 saturated carbocycles. The van der Waals surface area contributed by atoms with Crippen molar-refractivity contribution in [1.82, 2.24) is 0 Å². The number of anilines is 1. The van der Waals surface area contributed by atoms with E-state index in [2.05, 4.69) is 20.5 Å². The molecule has 0 aliphatic rings. The first-order valence-corrected chi connectivity index (χ1v) is 15.9. The summed E-state index contributed by atoms with van der Waals surface area (Å²) in [6, 6.07) is 16.5. The first-order valence-electron chi connectivity index (χ1n) is 13.0. The van der Waals surface area contributed by atoms with Crippen molar-refractivity contribution >= 4 is 70.2 Å². The number of rotatable bonds is 9. The Balaban J connectivity index is 1.71. The summed E-state index contributed by atoms with van der Waals surface area (Å²) in [6.45, 7) is 1.93. The van der Waals surface area contributed by atoms with Crippen LogP contribution in [0.15, 0.2) is 103 Å². The van der Waals surface area contributed by atoms with E-state index >= 15 is 0 Å². The predicted molar refractivity (Wildman–Crippen MR) is 166 cm³/mol. The predicted octanol–water partition coefficient (Wildman–Crippen LogP) is 7.01. The third-order valence-corrected chi connectivity index (χ3v) is 8.30. The lowest BCUT2D eigenvalue weighted by atomic mass is 10.1. The van der Waals surface area contributed by atoms with Gasteiger partial charge in [-0.3, -0.25) is 9.11 Å². The number of methoxy groups -OCH3 is 1. The van der Waals surface area contributed by atoms with Crippen molar-refractivity contribution in [2.24, 2.45) is 20.5 Å². The Kier molecular flexibility index (Phi) is 8.40. The van der Waals surface area contributed by atoms with Crippen molar-refractivity contribution in [2.45, 2.75) is 16.7 Å². The average molecular weight is 652 g/mol. The summed E-state index contributed by atoms with van der Waals surface area (Å²) in [7, 11) is -7.63. The monoisotopic (exact) mass is 651 g/mol. The maximum atomic E-state index is 12.0. The summed E-state index contributed by atoms with van der Waals surface area (Å²) in [5.41, 5.74) is 6.94. The minimum atomic E-state index is -4.61. The molecule has 5 aromatic carbocycles. The zero-order valence-corrected chi connectivity index (χ0v) is 25.2. The van der Waals surface area contributed by atoms with Crippen LogP contribution in [0.4, 0.5) is 28.4 Å². The number of benzene rings is 5. The third kappa shape index (κ3) is 6.53. The SMILES string of the molecule is CCOc1cc(N=Nc2ccc(N)c(OC)c2)c2cc(S(=O)(=O)O)ccc2c1N=Nc1c(O)ccc2cc(S(=O)(=O)O)ccc12. The van der Waals surface area contributed by atoms with Crippen molar-refractivity contribution in [3.63, 3.8) is 0 Å². The van der Waals surface area contributed by atoms with Gasteiger partial charge < -0.3 is 20.3 Å². The van der Waals surface area contributed by atoms with Crippen LogP contribution in [0.2, 0.25) is 0 Å². The van der Waals surface area contributed by atoms with Gasteiger partial charge in [-0.05, 0) is 54.8 Å². The molecular weight excluding hydrogens is 626 g/mol. The number of phenols is 1. The summed E-state index contributed by atoms with van der Waals surface area (Å²) in [4.78, 5) is -0.751.